The van der Waals surface area contributed by atoms with E-state index >= 15 is 0 Å². The highest BCUT2D eigenvalue weighted by Gasteiger charge is 2.31. The monoisotopic (exact) mass is 434 g/mol. The zero-order valence-corrected chi connectivity index (χ0v) is 16.9. The fourth-order valence-corrected chi connectivity index (χ4v) is 3.01. The zero-order valence-electron chi connectivity index (χ0n) is 14.5. The number of rotatable bonds is 6. The Labute approximate surface area is 166 Å². The lowest BCUT2D eigenvalue weighted by molar-refractivity contribution is -0.122. The van der Waals surface area contributed by atoms with Gasteiger partial charge in [-0.3, -0.25) is 9.69 Å². The molecule has 1 aromatic carbocycles. The van der Waals surface area contributed by atoms with E-state index in [2.05, 4.69) is 21.2 Å². The van der Waals surface area contributed by atoms with Crippen molar-refractivity contribution in [3.63, 3.8) is 0 Å². The van der Waals surface area contributed by atoms with Gasteiger partial charge < -0.3 is 14.5 Å². The van der Waals surface area contributed by atoms with E-state index in [1.807, 2.05) is 44.2 Å². The van der Waals surface area contributed by atoms with Crippen LogP contribution in [0.1, 0.15) is 25.4 Å². The van der Waals surface area contributed by atoms with E-state index in [1.165, 1.54) is 0 Å². The molecule has 3 rings (SSSR count). The smallest absolute Gasteiger partial charge is 0.276 e. The van der Waals surface area contributed by atoms with Gasteiger partial charge in [-0.15, -0.1) is 0 Å². The average Bonchev–Trinajstić information content (AvgIpc) is 3.14. The van der Waals surface area contributed by atoms with Crippen LogP contribution >= 0.6 is 28.1 Å². The van der Waals surface area contributed by atoms with Crippen molar-refractivity contribution < 1.29 is 13.9 Å². The van der Waals surface area contributed by atoms with Gasteiger partial charge >= 0.3 is 0 Å². The van der Waals surface area contributed by atoms with Gasteiger partial charge in [0, 0.05) is 17.1 Å². The molecule has 0 spiro atoms. The van der Waals surface area contributed by atoms with E-state index in [0.717, 1.165) is 10.2 Å². The van der Waals surface area contributed by atoms with Gasteiger partial charge in [0.15, 0.2) is 5.11 Å². The molecule has 5 nitrogen and oxygen atoms in total. The highest BCUT2D eigenvalue weighted by molar-refractivity contribution is 9.10. The number of nitrogens with one attached hydrogen (secondary N) is 1. The SMILES string of the molecule is CC(C)CN1C(=O)/C(=C\c2ccc(COc3ccc(Br)cc3)o2)NC1=S. The molecule has 1 aromatic heterocycles. The lowest BCUT2D eigenvalue weighted by atomic mass is 10.2. The van der Waals surface area contributed by atoms with E-state index in [9.17, 15) is 4.79 Å². The van der Waals surface area contributed by atoms with Crippen molar-refractivity contribution in [3.05, 3.63) is 58.1 Å². The summed E-state index contributed by atoms with van der Waals surface area (Å²) in [5.41, 5.74) is 0.422. The van der Waals surface area contributed by atoms with Gasteiger partial charge in [0.05, 0.1) is 0 Å². The summed E-state index contributed by atoms with van der Waals surface area (Å²) < 4.78 is 12.4. The van der Waals surface area contributed by atoms with Crippen LogP contribution in [0.25, 0.3) is 6.08 Å². The molecule has 2 heterocycles. The summed E-state index contributed by atoms with van der Waals surface area (Å²) in [6.07, 6.45) is 1.66. The molecule has 0 unspecified atom stereocenters. The highest BCUT2D eigenvalue weighted by Crippen LogP contribution is 2.20. The Bertz CT molecular complexity index is 843. The Balaban J connectivity index is 1.64. The normalized spacial score (nSPS) is 15.8. The van der Waals surface area contributed by atoms with E-state index in [1.54, 1.807) is 17.0 Å². The third-order valence-corrected chi connectivity index (χ3v) is 4.52. The largest absolute Gasteiger partial charge is 0.486 e. The molecule has 1 fully saturated rings. The second-order valence-corrected chi connectivity index (χ2v) is 7.65. The van der Waals surface area contributed by atoms with Crippen LogP contribution in [0, 0.1) is 5.92 Å². The molecule has 1 aliphatic heterocycles. The maximum atomic E-state index is 12.4. The summed E-state index contributed by atoms with van der Waals surface area (Å²) in [4.78, 5) is 14.0. The molecule has 0 aliphatic carbocycles. The van der Waals surface area contributed by atoms with Crippen molar-refractivity contribution in [1.29, 1.82) is 0 Å². The zero-order chi connectivity index (χ0) is 18.7. The molecule has 136 valence electrons. The number of carbonyl (C=O) groups excluding carboxylic acids is 1. The molecule has 0 bridgehead atoms. The maximum Gasteiger partial charge on any atom is 0.276 e. The summed E-state index contributed by atoms with van der Waals surface area (Å²) >= 11 is 8.62. The van der Waals surface area contributed by atoms with Crippen molar-refractivity contribution in [3.8, 4) is 5.75 Å². The predicted octanol–water partition coefficient (Wildman–Crippen LogP) is 4.33. The Morgan fingerprint density at radius 3 is 2.69 bits per heavy atom. The van der Waals surface area contributed by atoms with Crippen molar-refractivity contribution in [1.82, 2.24) is 10.2 Å². The highest BCUT2D eigenvalue weighted by atomic mass is 79.9. The third kappa shape index (κ3) is 4.53. The number of hydrogen-bond donors (Lipinski definition) is 1. The summed E-state index contributed by atoms with van der Waals surface area (Å²) in [6, 6.07) is 11.2. The minimum atomic E-state index is -0.132. The first-order valence-electron chi connectivity index (χ1n) is 8.24. The van der Waals surface area contributed by atoms with E-state index in [0.29, 0.717) is 41.4 Å². The standard InChI is InChI=1S/C19H19BrN2O3S/c1-12(2)10-22-18(23)17(21-19(22)26)9-15-7-8-16(25-15)11-24-14-5-3-13(20)4-6-14/h3-9,12H,10-11H2,1-2H3,(H,21,26)/b17-9+. The number of carbonyl (C=O) groups is 1. The summed E-state index contributed by atoms with van der Waals surface area (Å²) in [7, 11) is 0. The van der Waals surface area contributed by atoms with Crippen LogP contribution < -0.4 is 10.1 Å². The number of thiocarbonyl (C=S) groups is 1. The minimum absolute atomic E-state index is 0.132. The first-order chi connectivity index (χ1) is 12.4. The van der Waals surface area contributed by atoms with Crippen LogP contribution in [0.15, 0.2) is 51.0 Å². The minimum Gasteiger partial charge on any atom is -0.486 e. The predicted molar refractivity (Wildman–Crippen MR) is 107 cm³/mol. The van der Waals surface area contributed by atoms with Gasteiger partial charge in [0.1, 0.15) is 29.6 Å². The third-order valence-electron chi connectivity index (χ3n) is 3.67. The first-order valence-corrected chi connectivity index (χ1v) is 9.44. The number of halogens is 1. The van der Waals surface area contributed by atoms with Crippen LogP contribution in [0.2, 0.25) is 0 Å². The van der Waals surface area contributed by atoms with E-state index in [4.69, 9.17) is 21.4 Å². The molecule has 2 aromatic rings. The van der Waals surface area contributed by atoms with Crippen molar-refractivity contribution in [2.24, 2.45) is 5.92 Å². The van der Waals surface area contributed by atoms with E-state index < -0.39 is 0 Å². The Kier molecular flexibility index (Phi) is 5.78. The Morgan fingerprint density at radius 1 is 1.27 bits per heavy atom. The van der Waals surface area contributed by atoms with Gasteiger partial charge in [-0.2, -0.15) is 0 Å². The molecule has 0 radical (unpaired) electrons. The van der Waals surface area contributed by atoms with Gasteiger partial charge in [0.2, 0.25) is 0 Å². The quantitative estimate of drug-likeness (QED) is 0.541. The summed E-state index contributed by atoms with van der Waals surface area (Å²) in [5, 5.41) is 3.38. The average molecular weight is 435 g/mol. The van der Waals surface area contributed by atoms with Crippen LogP contribution in [0.5, 0.6) is 5.75 Å². The number of benzene rings is 1. The second-order valence-electron chi connectivity index (χ2n) is 6.34. The lowest BCUT2D eigenvalue weighted by Gasteiger charge is -2.15. The molecule has 1 N–H and O–H groups in total. The number of hydrogen-bond acceptors (Lipinski definition) is 4. The molecule has 0 atom stereocenters. The molecular formula is C19H19BrN2O3S. The Morgan fingerprint density at radius 2 is 2.00 bits per heavy atom. The van der Waals surface area contributed by atoms with E-state index in [-0.39, 0.29) is 5.91 Å². The van der Waals surface area contributed by atoms with Crippen LogP contribution in [0.3, 0.4) is 0 Å². The molecular weight excluding hydrogens is 416 g/mol. The number of nitrogens with zero attached hydrogens (tertiary/aromatic N) is 1. The summed E-state index contributed by atoms with van der Waals surface area (Å²) in [6.45, 7) is 4.99. The number of furan rings is 1. The first kappa shape index (κ1) is 18.7. The molecule has 1 saturated heterocycles. The van der Waals surface area contributed by atoms with Gasteiger partial charge in [-0.1, -0.05) is 29.8 Å². The maximum absolute atomic E-state index is 12.4. The molecule has 26 heavy (non-hydrogen) atoms. The molecule has 1 amide bonds. The summed E-state index contributed by atoms with van der Waals surface area (Å²) in [5.74, 6) is 2.21. The Hall–Kier alpha value is -2.12. The fraction of sp³-hybridized carbons (Fsp3) is 0.263. The van der Waals surface area contributed by atoms with Gasteiger partial charge in [-0.25, -0.2) is 0 Å². The van der Waals surface area contributed by atoms with Crippen LogP contribution in [-0.4, -0.2) is 22.5 Å². The molecule has 0 saturated carbocycles. The molecule has 1 aliphatic rings. The van der Waals surface area contributed by atoms with Crippen molar-refractivity contribution >= 4 is 45.2 Å². The number of amides is 1. The van der Waals surface area contributed by atoms with Crippen molar-refractivity contribution in [2.75, 3.05) is 6.54 Å². The van der Waals surface area contributed by atoms with Gasteiger partial charge in [0.25, 0.3) is 5.91 Å². The number of ether oxygens (including phenoxy) is 1. The topological polar surface area (TPSA) is 54.7 Å². The fourth-order valence-electron chi connectivity index (χ4n) is 2.48. The molecule has 7 heteroatoms. The lowest BCUT2D eigenvalue weighted by Crippen LogP contribution is -2.33. The van der Waals surface area contributed by atoms with Gasteiger partial charge in [-0.05, 0) is 54.5 Å². The second kappa shape index (κ2) is 8.05. The van der Waals surface area contributed by atoms with Crippen LogP contribution in [-0.2, 0) is 11.4 Å². The van der Waals surface area contributed by atoms with Crippen molar-refractivity contribution in [2.45, 2.75) is 20.5 Å². The van der Waals surface area contributed by atoms with Crippen LogP contribution in [0.4, 0.5) is 0 Å².